The minimum atomic E-state index is -0.342. The molecule has 114 valence electrons. The molecule has 0 aromatic rings. The van der Waals surface area contributed by atoms with Crippen LogP contribution in [-0.2, 0) is 14.3 Å². The second-order valence-corrected chi connectivity index (χ2v) is 6.13. The van der Waals surface area contributed by atoms with Crippen molar-refractivity contribution in [2.45, 2.75) is 64.6 Å². The summed E-state index contributed by atoms with van der Waals surface area (Å²) >= 11 is 0. The van der Waals surface area contributed by atoms with Gasteiger partial charge in [-0.2, -0.15) is 0 Å². The molecule has 2 unspecified atom stereocenters. The Balaban J connectivity index is 2.23. The molecule has 2 amide bonds. The first kappa shape index (κ1) is 15.3. The van der Waals surface area contributed by atoms with Gasteiger partial charge < -0.3 is 15.0 Å². The van der Waals surface area contributed by atoms with Gasteiger partial charge >= 0.3 is 0 Å². The number of piperazine rings is 1. The molecule has 0 aliphatic carbocycles. The lowest BCUT2D eigenvalue weighted by Crippen LogP contribution is -2.67. The van der Waals surface area contributed by atoms with E-state index in [9.17, 15) is 9.59 Å². The Bertz CT molecular complexity index is 364. The van der Waals surface area contributed by atoms with Gasteiger partial charge in [-0.3, -0.25) is 9.59 Å². The van der Waals surface area contributed by atoms with Gasteiger partial charge in [0.15, 0.2) is 0 Å². The molecule has 2 aliphatic heterocycles. The van der Waals surface area contributed by atoms with E-state index >= 15 is 0 Å². The predicted octanol–water partition coefficient (Wildman–Crippen LogP) is 1.32. The second-order valence-electron chi connectivity index (χ2n) is 6.13. The van der Waals surface area contributed by atoms with Crippen LogP contribution in [0.2, 0.25) is 0 Å². The van der Waals surface area contributed by atoms with Crippen molar-refractivity contribution in [2.75, 3.05) is 13.2 Å². The van der Waals surface area contributed by atoms with E-state index in [-0.39, 0.29) is 35.9 Å². The Morgan fingerprint density at radius 2 is 1.95 bits per heavy atom. The first-order chi connectivity index (χ1) is 9.56. The number of rotatable bonds is 4. The van der Waals surface area contributed by atoms with Crippen LogP contribution in [0.25, 0.3) is 0 Å². The van der Waals surface area contributed by atoms with E-state index in [1.807, 2.05) is 25.7 Å². The summed E-state index contributed by atoms with van der Waals surface area (Å²) in [5.41, 5.74) is 0. The largest absolute Gasteiger partial charge is 0.381 e. The van der Waals surface area contributed by atoms with Gasteiger partial charge in [-0.05, 0) is 25.2 Å². The quantitative estimate of drug-likeness (QED) is 0.846. The number of carbonyl (C=O) groups is 2. The third-order valence-electron chi connectivity index (χ3n) is 4.23. The van der Waals surface area contributed by atoms with Crippen LogP contribution in [0.1, 0.15) is 46.5 Å². The van der Waals surface area contributed by atoms with Gasteiger partial charge in [0.05, 0.1) is 0 Å². The molecule has 5 heteroatoms. The number of carbonyl (C=O) groups excluding carboxylic acids is 2. The average molecular weight is 282 g/mol. The number of nitrogens with one attached hydrogen (secondary N) is 1. The van der Waals surface area contributed by atoms with Crippen molar-refractivity contribution in [3.63, 3.8) is 0 Å². The van der Waals surface area contributed by atoms with Crippen molar-refractivity contribution < 1.29 is 14.3 Å². The smallest absolute Gasteiger partial charge is 0.246 e. The van der Waals surface area contributed by atoms with E-state index in [4.69, 9.17) is 4.74 Å². The van der Waals surface area contributed by atoms with Crippen molar-refractivity contribution in [3.05, 3.63) is 0 Å². The number of hydrogen-bond donors (Lipinski definition) is 1. The van der Waals surface area contributed by atoms with Gasteiger partial charge in [-0.25, -0.2) is 0 Å². The van der Waals surface area contributed by atoms with Crippen LogP contribution >= 0.6 is 0 Å². The molecule has 0 bridgehead atoms. The molecular weight excluding hydrogens is 256 g/mol. The average Bonchev–Trinajstić information content (AvgIpc) is 2.43. The van der Waals surface area contributed by atoms with Crippen LogP contribution in [-0.4, -0.2) is 48.1 Å². The fourth-order valence-corrected chi connectivity index (χ4v) is 3.24. The fraction of sp³-hybridized carbons (Fsp3) is 0.867. The predicted molar refractivity (Wildman–Crippen MR) is 76.2 cm³/mol. The number of hydrogen-bond acceptors (Lipinski definition) is 3. The summed E-state index contributed by atoms with van der Waals surface area (Å²) in [5, 5.41) is 2.91. The minimum absolute atomic E-state index is 0.00421. The highest BCUT2D eigenvalue weighted by Crippen LogP contribution is 2.26. The fourth-order valence-electron chi connectivity index (χ4n) is 3.24. The number of ether oxygens (including phenoxy) is 1. The molecule has 0 aromatic carbocycles. The second kappa shape index (κ2) is 6.57. The molecule has 0 radical (unpaired) electrons. The molecule has 1 N–H and O–H groups in total. The molecule has 0 aromatic heterocycles. The zero-order chi connectivity index (χ0) is 14.7. The monoisotopic (exact) mass is 282 g/mol. The van der Waals surface area contributed by atoms with Gasteiger partial charge in [-0.1, -0.05) is 27.2 Å². The SMILES string of the molecule is CCCC1NC(=O)C(C(C)C)N(C2CCOCC2)C1=O. The normalized spacial score (nSPS) is 28.9. The van der Waals surface area contributed by atoms with E-state index < -0.39 is 0 Å². The van der Waals surface area contributed by atoms with Crippen LogP contribution in [0, 0.1) is 5.92 Å². The zero-order valence-electron chi connectivity index (χ0n) is 12.7. The standard InChI is InChI=1S/C15H26N2O3/c1-4-5-12-15(19)17(11-6-8-20-9-7-11)13(10(2)3)14(18)16-12/h10-13H,4-9H2,1-3H3,(H,16,18). The van der Waals surface area contributed by atoms with Gasteiger partial charge in [0.25, 0.3) is 0 Å². The third-order valence-corrected chi connectivity index (χ3v) is 4.23. The summed E-state index contributed by atoms with van der Waals surface area (Å²) in [6, 6.07) is -0.530. The maximum Gasteiger partial charge on any atom is 0.246 e. The number of nitrogens with zero attached hydrogens (tertiary/aromatic N) is 1. The molecule has 2 atom stereocenters. The first-order valence-electron chi connectivity index (χ1n) is 7.76. The molecule has 2 rings (SSSR count). The Morgan fingerprint density at radius 1 is 1.30 bits per heavy atom. The van der Waals surface area contributed by atoms with Gasteiger partial charge in [0, 0.05) is 19.3 Å². The van der Waals surface area contributed by atoms with E-state index in [1.54, 1.807) is 0 Å². The Hall–Kier alpha value is -1.10. The van der Waals surface area contributed by atoms with Gasteiger partial charge in [-0.15, -0.1) is 0 Å². The van der Waals surface area contributed by atoms with Crippen LogP contribution in [0.4, 0.5) is 0 Å². The molecule has 2 saturated heterocycles. The molecule has 2 heterocycles. The van der Waals surface area contributed by atoms with E-state index in [1.165, 1.54) is 0 Å². The van der Waals surface area contributed by atoms with Crippen molar-refractivity contribution in [1.29, 1.82) is 0 Å². The van der Waals surface area contributed by atoms with Crippen molar-refractivity contribution in [3.8, 4) is 0 Å². The topological polar surface area (TPSA) is 58.6 Å². The Morgan fingerprint density at radius 3 is 2.50 bits per heavy atom. The van der Waals surface area contributed by atoms with E-state index in [0.717, 1.165) is 25.7 Å². The molecule has 20 heavy (non-hydrogen) atoms. The van der Waals surface area contributed by atoms with Gasteiger partial charge in [0.1, 0.15) is 12.1 Å². The van der Waals surface area contributed by atoms with Crippen molar-refractivity contribution >= 4 is 11.8 Å². The van der Waals surface area contributed by atoms with Crippen molar-refractivity contribution in [1.82, 2.24) is 10.2 Å². The summed E-state index contributed by atoms with van der Waals surface area (Å²) < 4.78 is 5.38. The molecule has 2 aliphatic rings. The van der Waals surface area contributed by atoms with Crippen LogP contribution in [0.5, 0.6) is 0 Å². The highest BCUT2D eigenvalue weighted by atomic mass is 16.5. The van der Waals surface area contributed by atoms with E-state index in [0.29, 0.717) is 13.2 Å². The zero-order valence-corrected chi connectivity index (χ0v) is 12.7. The van der Waals surface area contributed by atoms with Crippen LogP contribution in [0.15, 0.2) is 0 Å². The summed E-state index contributed by atoms with van der Waals surface area (Å²) in [7, 11) is 0. The molecule has 0 spiro atoms. The summed E-state index contributed by atoms with van der Waals surface area (Å²) in [6.45, 7) is 7.40. The van der Waals surface area contributed by atoms with E-state index in [2.05, 4.69) is 5.32 Å². The summed E-state index contributed by atoms with van der Waals surface area (Å²) in [6.07, 6.45) is 3.28. The molecule has 2 fully saturated rings. The molecule has 5 nitrogen and oxygen atoms in total. The van der Waals surface area contributed by atoms with Crippen LogP contribution in [0.3, 0.4) is 0 Å². The maximum atomic E-state index is 12.7. The van der Waals surface area contributed by atoms with Crippen molar-refractivity contribution in [2.24, 2.45) is 5.92 Å². The summed E-state index contributed by atoms with van der Waals surface area (Å²) in [4.78, 5) is 27.0. The molecular formula is C15H26N2O3. The first-order valence-corrected chi connectivity index (χ1v) is 7.76. The molecule has 0 saturated carbocycles. The number of amides is 2. The Kier molecular flexibility index (Phi) is 5.02. The maximum absolute atomic E-state index is 12.7. The third kappa shape index (κ3) is 2.97. The lowest BCUT2D eigenvalue weighted by molar-refractivity contribution is -0.156. The van der Waals surface area contributed by atoms with Crippen LogP contribution < -0.4 is 5.32 Å². The van der Waals surface area contributed by atoms with Gasteiger partial charge in [0.2, 0.25) is 11.8 Å². The Labute approximate surface area is 121 Å². The lowest BCUT2D eigenvalue weighted by Gasteiger charge is -2.46. The minimum Gasteiger partial charge on any atom is -0.381 e. The highest BCUT2D eigenvalue weighted by molar-refractivity contribution is 5.97. The highest BCUT2D eigenvalue weighted by Gasteiger charge is 2.44. The summed E-state index contributed by atoms with van der Waals surface area (Å²) in [5.74, 6) is 0.228. The lowest BCUT2D eigenvalue weighted by atomic mass is 9.92.